The van der Waals surface area contributed by atoms with Gasteiger partial charge in [0.05, 0.1) is 11.9 Å². The van der Waals surface area contributed by atoms with Gasteiger partial charge in [0, 0.05) is 16.6 Å². The molecule has 0 aliphatic carbocycles. The number of likely N-dealkylation sites (tertiary alicyclic amines) is 1. The summed E-state index contributed by atoms with van der Waals surface area (Å²) in [5.74, 6) is -0.220. The minimum absolute atomic E-state index is 0.0662. The van der Waals surface area contributed by atoms with Crippen molar-refractivity contribution in [2.75, 3.05) is 18.8 Å². The number of nitrogens with two attached hydrogens (primary N) is 1. The van der Waals surface area contributed by atoms with Crippen LogP contribution in [0.3, 0.4) is 0 Å². The van der Waals surface area contributed by atoms with E-state index in [-0.39, 0.29) is 17.3 Å². The quantitative estimate of drug-likeness (QED) is 0.415. The molecule has 1 amide bonds. The zero-order chi connectivity index (χ0) is 20.2. The van der Waals surface area contributed by atoms with Gasteiger partial charge in [0.15, 0.2) is 5.69 Å². The van der Waals surface area contributed by atoms with Gasteiger partial charge in [-0.25, -0.2) is 10.1 Å². The lowest BCUT2D eigenvalue weighted by Gasteiger charge is -2.15. The Morgan fingerprint density at radius 2 is 2.10 bits per heavy atom. The van der Waals surface area contributed by atoms with Crippen molar-refractivity contribution in [1.29, 1.82) is 0 Å². The molecule has 11 nitrogen and oxygen atoms in total. The molecule has 29 heavy (non-hydrogen) atoms. The molecule has 12 heteroatoms. The van der Waals surface area contributed by atoms with E-state index in [1.807, 2.05) is 24.3 Å². The van der Waals surface area contributed by atoms with Crippen LogP contribution in [-0.4, -0.2) is 55.4 Å². The number of anilines is 1. The Labute approximate surface area is 174 Å². The third-order valence-corrected chi connectivity index (χ3v) is 5.24. The molecule has 4 rings (SSSR count). The lowest BCUT2D eigenvalue weighted by molar-refractivity contribution is 0.0948. The van der Waals surface area contributed by atoms with Crippen LogP contribution in [0.2, 0.25) is 0 Å². The van der Waals surface area contributed by atoms with Gasteiger partial charge < -0.3 is 5.73 Å². The number of halogens is 1. The lowest BCUT2D eigenvalue weighted by Crippen LogP contribution is -2.25. The summed E-state index contributed by atoms with van der Waals surface area (Å²) < 4.78 is 6.92. The second-order valence-electron chi connectivity index (χ2n) is 6.47. The molecule has 3 aromatic rings. The molecule has 0 spiro atoms. The first-order valence-corrected chi connectivity index (χ1v) is 9.76. The van der Waals surface area contributed by atoms with Crippen molar-refractivity contribution < 1.29 is 9.42 Å². The summed E-state index contributed by atoms with van der Waals surface area (Å²) in [5.41, 5.74) is 9.81. The Bertz CT molecular complexity index is 1040. The number of hydrogen-bond acceptors (Lipinski definition) is 9. The van der Waals surface area contributed by atoms with Gasteiger partial charge in [0.2, 0.25) is 11.6 Å². The first kappa shape index (κ1) is 19.2. The highest BCUT2D eigenvalue weighted by atomic mass is 79.9. The number of nitrogens with one attached hydrogen (secondary N) is 1. The van der Waals surface area contributed by atoms with Crippen LogP contribution >= 0.6 is 15.9 Å². The van der Waals surface area contributed by atoms with Crippen molar-refractivity contribution in [1.82, 2.24) is 35.6 Å². The van der Waals surface area contributed by atoms with E-state index in [0.717, 1.165) is 36.0 Å². The van der Waals surface area contributed by atoms with Gasteiger partial charge in [0.1, 0.15) is 0 Å². The first-order chi connectivity index (χ1) is 14.1. The first-order valence-electron chi connectivity index (χ1n) is 8.97. The van der Waals surface area contributed by atoms with Crippen LogP contribution in [-0.2, 0) is 6.54 Å². The van der Waals surface area contributed by atoms with E-state index in [2.05, 4.69) is 56.6 Å². The third-order valence-electron chi connectivity index (χ3n) is 4.52. The van der Waals surface area contributed by atoms with Gasteiger partial charge >= 0.3 is 0 Å². The van der Waals surface area contributed by atoms with Gasteiger partial charge in [-0.05, 0) is 42.3 Å². The standard InChI is InChI=1S/C17H18BrN9O2/c18-12-6-2-1-5-11(12)9-20-22-17(28)14-13(10-26-7-3-4-8-26)27(25-21-14)16-15(19)23-29-24-16/h1-2,5-6,9H,3-4,7-8,10H2,(H2,19,23)(H,22,28)/b20-9-. The zero-order valence-electron chi connectivity index (χ0n) is 15.3. The van der Waals surface area contributed by atoms with Gasteiger partial charge in [-0.2, -0.15) is 9.78 Å². The molecule has 2 aromatic heterocycles. The average molecular weight is 460 g/mol. The SMILES string of the molecule is Nc1nonc1-n1nnc(C(=O)N/N=C\c2ccccc2Br)c1CN1CCCC1. The third kappa shape index (κ3) is 4.17. The van der Waals surface area contributed by atoms with Gasteiger partial charge in [-0.3, -0.25) is 9.69 Å². The normalized spacial score (nSPS) is 14.7. The molecule has 150 valence electrons. The summed E-state index contributed by atoms with van der Waals surface area (Å²) in [6, 6.07) is 7.53. The molecule has 0 atom stereocenters. The highest BCUT2D eigenvalue weighted by Gasteiger charge is 2.26. The molecule has 0 radical (unpaired) electrons. The van der Waals surface area contributed by atoms with Crippen LogP contribution in [0, 0.1) is 0 Å². The predicted molar refractivity (Wildman–Crippen MR) is 107 cm³/mol. The van der Waals surface area contributed by atoms with E-state index in [1.165, 1.54) is 4.68 Å². The van der Waals surface area contributed by atoms with Crippen LogP contribution in [0.25, 0.3) is 5.82 Å². The smallest absolute Gasteiger partial charge is 0.293 e. The van der Waals surface area contributed by atoms with Crippen LogP contribution in [0.4, 0.5) is 5.82 Å². The molecular weight excluding hydrogens is 442 g/mol. The number of carbonyl (C=O) groups is 1. The molecule has 3 heterocycles. The molecule has 0 unspecified atom stereocenters. The summed E-state index contributed by atoms with van der Waals surface area (Å²) >= 11 is 3.43. The van der Waals surface area contributed by atoms with Crippen molar-refractivity contribution in [3.63, 3.8) is 0 Å². The van der Waals surface area contributed by atoms with E-state index in [9.17, 15) is 4.79 Å². The fourth-order valence-electron chi connectivity index (χ4n) is 3.07. The number of nitrogens with zero attached hydrogens (tertiary/aromatic N) is 7. The molecule has 0 saturated carbocycles. The highest BCUT2D eigenvalue weighted by Crippen LogP contribution is 2.20. The molecule has 3 N–H and O–H groups in total. The Kier molecular flexibility index (Phi) is 5.62. The van der Waals surface area contributed by atoms with E-state index in [4.69, 9.17) is 5.73 Å². The number of hydrazone groups is 1. The van der Waals surface area contributed by atoms with Crippen molar-refractivity contribution >= 4 is 33.9 Å². The Balaban J connectivity index is 1.58. The summed E-state index contributed by atoms with van der Waals surface area (Å²) in [4.78, 5) is 14.9. The number of carbonyl (C=O) groups excluding carboxylic acids is 1. The second-order valence-corrected chi connectivity index (χ2v) is 7.33. The summed E-state index contributed by atoms with van der Waals surface area (Å²) in [7, 11) is 0. The molecular formula is C17H18BrN9O2. The Morgan fingerprint density at radius 3 is 2.83 bits per heavy atom. The van der Waals surface area contributed by atoms with Crippen LogP contribution in [0.1, 0.15) is 34.6 Å². The van der Waals surface area contributed by atoms with E-state index < -0.39 is 5.91 Å². The highest BCUT2D eigenvalue weighted by molar-refractivity contribution is 9.10. The molecule has 1 saturated heterocycles. The molecule has 0 bridgehead atoms. The van der Waals surface area contributed by atoms with Crippen LogP contribution < -0.4 is 11.2 Å². The predicted octanol–water partition coefficient (Wildman–Crippen LogP) is 1.35. The summed E-state index contributed by atoms with van der Waals surface area (Å²) in [5, 5.41) is 19.4. The van der Waals surface area contributed by atoms with E-state index in [0.29, 0.717) is 12.2 Å². The maximum absolute atomic E-state index is 12.7. The number of rotatable bonds is 6. The second kappa shape index (κ2) is 8.49. The van der Waals surface area contributed by atoms with Crippen molar-refractivity contribution in [2.45, 2.75) is 19.4 Å². The van der Waals surface area contributed by atoms with Crippen molar-refractivity contribution in [3.05, 3.63) is 45.7 Å². The average Bonchev–Trinajstić information content (AvgIpc) is 3.45. The lowest BCUT2D eigenvalue weighted by atomic mass is 10.2. The number of hydrogen-bond donors (Lipinski definition) is 2. The van der Waals surface area contributed by atoms with Gasteiger partial charge in [0.25, 0.3) is 5.91 Å². The van der Waals surface area contributed by atoms with E-state index >= 15 is 0 Å². The summed E-state index contributed by atoms with van der Waals surface area (Å²) in [6.07, 6.45) is 3.76. The Hall–Kier alpha value is -3.12. The van der Waals surface area contributed by atoms with Crippen molar-refractivity contribution in [2.24, 2.45) is 5.10 Å². The van der Waals surface area contributed by atoms with Gasteiger partial charge in [-0.1, -0.05) is 39.3 Å². The largest absolute Gasteiger partial charge is 0.378 e. The number of nitrogen functional groups attached to an aromatic ring is 1. The topological polar surface area (TPSA) is 140 Å². The number of amides is 1. The summed E-state index contributed by atoms with van der Waals surface area (Å²) in [6.45, 7) is 2.33. The fraction of sp³-hybridized carbons (Fsp3) is 0.294. The fourth-order valence-corrected chi connectivity index (χ4v) is 3.46. The molecule has 1 aliphatic rings. The monoisotopic (exact) mass is 459 g/mol. The Morgan fingerprint density at radius 1 is 1.31 bits per heavy atom. The van der Waals surface area contributed by atoms with Crippen LogP contribution in [0.5, 0.6) is 0 Å². The minimum atomic E-state index is -0.483. The maximum Gasteiger partial charge on any atom is 0.293 e. The van der Waals surface area contributed by atoms with E-state index in [1.54, 1.807) is 6.21 Å². The number of aromatic nitrogens is 5. The van der Waals surface area contributed by atoms with Gasteiger partial charge in [-0.15, -0.1) is 5.10 Å². The molecule has 1 aliphatic heterocycles. The minimum Gasteiger partial charge on any atom is -0.378 e. The van der Waals surface area contributed by atoms with Crippen LogP contribution in [0.15, 0.2) is 38.5 Å². The zero-order valence-corrected chi connectivity index (χ0v) is 16.9. The molecule has 1 aromatic carbocycles. The number of benzene rings is 1. The van der Waals surface area contributed by atoms with Crippen molar-refractivity contribution in [3.8, 4) is 5.82 Å². The molecule has 1 fully saturated rings. The maximum atomic E-state index is 12.7.